The molecule has 0 bridgehead atoms. The van der Waals surface area contributed by atoms with Gasteiger partial charge in [-0.1, -0.05) is 0 Å². The number of carboxylic acids is 1. The largest absolute Gasteiger partial charge is 0.477 e. The van der Waals surface area contributed by atoms with Gasteiger partial charge in [-0.3, -0.25) is 0 Å². The van der Waals surface area contributed by atoms with Crippen LogP contribution in [0.1, 0.15) is 28.8 Å². The maximum absolute atomic E-state index is 10.8. The zero-order valence-corrected chi connectivity index (χ0v) is 8.86. The second-order valence-electron chi connectivity index (χ2n) is 3.07. The summed E-state index contributed by atoms with van der Waals surface area (Å²) < 4.78 is 5.14. The molecule has 0 fully saturated rings. The van der Waals surface area contributed by atoms with E-state index in [-0.39, 0.29) is 5.69 Å². The maximum atomic E-state index is 10.8. The molecule has 0 aliphatic heterocycles. The van der Waals surface area contributed by atoms with Crippen molar-refractivity contribution in [1.29, 1.82) is 0 Å². The van der Waals surface area contributed by atoms with E-state index in [1.807, 2.05) is 6.92 Å². The number of aryl methyl sites for hydroxylation is 1. The number of aromatic carboxylic acids is 1. The third-order valence-corrected chi connectivity index (χ3v) is 1.90. The van der Waals surface area contributed by atoms with Gasteiger partial charge in [0.05, 0.1) is 6.61 Å². The molecule has 1 heterocycles. The molecule has 0 spiro atoms. The summed E-state index contributed by atoms with van der Waals surface area (Å²) in [5, 5.41) is 8.84. The maximum Gasteiger partial charge on any atom is 0.354 e. The number of rotatable bonds is 5. The van der Waals surface area contributed by atoms with Crippen LogP contribution in [-0.4, -0.2) is 34.3 Å². The average Bonchev–Trinajstić information content (AvgIpc) is 2.20. The molecule has 1 aromatic heterocycles. The van der Waals surface area contributed by atoms with Crippen molar-refractivity contribution in [2.45, 2.75) is 20.3 Å². The Balaban J connectivity index is 2.74. The molecule has 5 heteroatoms. The lowest BCUT2D eigenvalue weighted by Crippen LogP contribution is -2.09. The molecule has 0 amide bonds. The Morgan fingerprint density at radius 1 is 1.60 bits per heavy atom. The van der Waals surface area contributed by atoms with Crippen molar-refractivity contribution in [3.05, 3.63) is 23.3 Å². The molecule has 0 atom stereocenters. The fourth-order valence-electron chi connectivity index (χ4n) is 1.12. The monoisotopic (exact) mass is 210 g/mol. The van der Waals surface area contributed by atoms with E-state index in [2.05, 4.69) is 9.97 Å². The summed E-state index contributed by atoms with van der Waals surface area (Å²) in [6.07, 6.45) is 2.06. The molecule has 0 aromatic carbocycles. The molecule has 0 aliphatic rings. The van der Waals surface area contributed by atoms with Crippen LogP contribution in [0.25, 0.3) is 0 Å². The molecule has 0 unspecified atom stereocenters. The molecule has 0 saturated heterocycles. The van der Waals surface area contributed by atoms with E-state index >= 15 is 0 Å². The van der Waals surface area contributed by atoms with Crippen LogP contribution in [0.2, 0.25) is 0 Å². The summed E-state index contributed by atoms with van der Waals surface area (Å²) in [6.45, 7) is 4.73. The van der Waals surface area contributed by atoms with Crippen molar-refractivity contribution in [2.75, 3.05) is 13.2 Å². The predicted octanol–water partition coefficient (Wildman–Crippen LogP) is 1.06. The molecule has 0 aliphatic carbocycles. The Hall–Kier alpha value is -1.49. The van der Waals surface area contributed by atoms with Crippen molar-refractivity contribution >= 4 is 5.97 Å². The van der Waals surface area contributed by atoms with Gasteiger partial charge in [-0.15, -0.1) is 0 Å². The highest BCUT2D eigenvalue weighted by atomic mass is 16.5. The van der Waals surface area contributed by atoms with Crippen molar-refractivity contribution in [1.82, 2.24) is 9.97 Å². The van der Waals surface area contributed by atoms with E-state index in [1.54, 1.807) is 6.92 Å². The third kappa shape index (κ3) is 3.28. The standard InChI is InChI=1S/C10H14N2O3/c1-3-15-5-4-8-11-6-7(2)9(12-8)10(13)14/h6H,3-5H2,1-2H3,(H,13,14). The van der Waals surface area contributed by atoms with Crippen LogP contribution in [0.3, 0.4) is 0 Å². The number of carbonyl (C=O) groups is 1. The Morgan fingerprint density at radius 3 is 2.93 bits per heavy atom. The molecule has 5 nitrogen and oxygen atoms in total. The first kappa shape index (κ1) is 11.6. The van der Waals surface area contributed by atoms with E-state index < -0.39 is 5.97 Å². The molecule has 1 N–H and O–H groups in total. The Kier molecular flexibility index (Phi) is 4.17. The van der Waals surface area contributed by atoms with Crippen LogP contribution in [0, 0.1) is 6.92 Å². The second-order valence-corrected chi connectivity index (χ2v) is 3.07. The molecule has 1 rings (SSSR count). The number of carboxylic acid groups (broad SMARTS) is 1. The van der Waals surface area contributed by atoms with E-state index in [0.717, 1.165) is 0 Å². The SMILES string of the molecule is CCOCCc1ncc(C)c(C(=O)O)n1. The second kappa shape index (κ2) is 5.41. The van der Waals surface area contributed by atoms with Gasteiger partial charge < -0.3 is 9.84 Å². The van der Waals surface area contributed by atoms with Gasteiger partial charge in [0.2, 0.25) is 0 Å². The molecule has 0 radical (unpaired) electrons. The molecular weight excluding hydrogens is 196 g/mol. The fourth-order valence-corrected chi connectivity index (χ4v) is 1.12. The molecule has 1 aromatic rings. The Morgan fingerprint density at radius 2 is 2.33 bits per heavy atom. The number of ether oxygens (including phenoxy) is 1. The van der Waals surface area contributed by atoms with Gasteiger partial charge in [0, 0.05) is 24.8 Å². The molecule has 15 heavy (non-hydrogen) atoms. The normalized spacial score (nSPS) is 10.3. The van der Waals surface area contributed by atoms with E-state index in [0.29, 0.717) is 31.0 Å². The lowest BCUT2D eigenvalue weighted by Gasteiger charge is -2.03. The summed E-state index contributed by atoms with van der Waals surface area (Å²) in [4.78, 5) is 18.8. The lowest BCUT2D eigenvalue weighted by molar-refractivity contribution is 0.0688. The van der Waals surface area contributed by atoms with Gasteiger partial charge in [0.1, 0.15) is 5.82 Å². The number of aromatic nitrogens is 2. The first-order valence-electron chi connectivity index (χ1n) is 4.78. The van der Waals surface area contributed by atoms with E-state index in [4.69, 9.17) is 9.84 Å². The smallest absolute Gasteiger partial charge is 0.354 e. The summed E-state index contributed by atoms with van der Waals surface area (Å²) in [6, 6.07) is 0. The highest BCUT2D eigenvalue weighted by Gasteiger charge is 2.10. The highest BCUT2D eigenvalue weighted by molar-refractivity contribution is 5.86. The predicted molar refractivity (Wildman–Crippen MR) is 53.9 cm³/mol. The quantitative estimate of drug-likeness (QED) is 0.736. The molecule has 82 valence electrons. The average molecular weight is 210 g/mol. The van der Waals surface area contributed by atoms with Crippen molar-refractivity contribution < 1.29 is 14.6 Å². The van der Waals surface area contributed by atoms with Crippen LogP contribution in [0.5, 0.6) is 0 Å². The number of hydrogen-bond acceptors (Lipinski definition) is 4. The van der Waals surface area contributed by atoms with Gasteiger partial charge >= 0.3 is 5.97 Å². The first-order chi connectivity index (χ1) is 7.15. The van der Waals surface area contributed by atoms with Crippen molar-refractivity contribution in [2.24, 2.45) is 0 Å². The van der Waals surface area contributed by atoms with E-state index in [1.165, 1.54) is 6.20 Å². The van der Waals surface area contributed by atoms with Gasteiger partial charge in [-0.05, 0) is 13.8 Å². The molecule has 0 saturated carbocycles. The van der Waals surface area contributed by atoms with Gasteiger partial charge in [0.25, 0.3) is 0 Å². The van der Waals surface area contributed by atoms with E-state index in [9.17, 15) is 4.79 Å². The summed E-state index contributed by atoms with van der Waals surface area (Å²) in [7, 11) is 0. The Bertz CT molecular complexity index is 353. The van der Waals surface area contributed by atoms with Gasteiger partial charge in [-0.25, -0.2) is 14.8 Å². The zero-order chi connectivity index (χ0) is 11.3. The third-order valence-electron chi connectivity index (χ3n) is 1.90. The van der Waals surface area contributed by atoms with Crippen LogP contribution in [-0.2, 0) is 11.2 Å². The fraction of sp³-hybridized carbons (Fsp3) is 0.500. The van der Waals surface area contributed by atoms with Gasteiger partial charge in [-0.2, -0.15) is 0 Å². The lowest BCUT2D eigenvalue weighted by atomic mass is 10.2. The van der Waals surface area contributed by atoms with Crippen LogP contribution < -0.4 is 0 Å². The van der Waals surface area contributed by atoms with Crippen molar-refractivity contribution in [3.63, 3.8) is 0 Å². The highest BCUT2D eigenvalue weighted by Crippen LogP contribution is 2.04. The molecular formula is C10H14N2O3. The summed E-state index contributed by atoms with van der Waals surface area (Å²) in [5.74, 6) is -0.515. The van der Waals surface area contributed by atoms with Gasteiger partial charge in [0.15, 0.2) is 5.69 Å². The first-order valence-corrected chi connectivity index (χ1v) is 4.78. The van der Waals surface area contributed by atoms with Crippen LogP contribution in [0.4, 0.5) is 0 Å². The van der Waals surface area contributed by atoms with Crippen LogP contribution >= 0.6 is 0 Å². The number of hydrogen-bond donors (Lipinski definition) is 1. The number of nitrogens with zero attached hydrogens (tertiary/aromatic N) is 2. The van der Waals surface area contributed by atoms with Crippen molar-refractivity contribution in [3.8, 4) is 0 Å². The minimum Gasteiger partial charge on any atom is -0.477 e. The Labute approximate surface area is 88.1 Å². The summed E-state index contributed by atoms with van der Waals surface area (Å²) >= 11 is 0. The zero-order valence-electron chi connectivity index (χ0n) is 8.86. The minimum absolute atomic E-state index is 0.0662. The minimum atomic E-state index is -1.02. The van der Waals surface area contributed by atoms with Crippen LogP contribution in [0.15, 0.2) is 6.20 Å². The topological polar surface area (TPSA) is 72.3 Å². The summed E-state index contributed by atoms with van der Waals surface area (Å²) in [5.41, 5.74) is 0.638.